The Kier molecular flexibility index (Phi) is 3.90. The van der Waals surface area contributed by atoms with Gasteiger partial charge in [0.15, 0.2) is 0 Å². The van der Waals surface area contributed by atoms with Crippen LogP contribution in [-0.4, -0.2) is 4.98 Å². The Morgan fingerprint density at radius 1 is 0.533 bits per heavy atom. The molecule has 0 unspecified atom stereocenters. The molecule has 1 nitrogen and oxygen atoms in total. The molecule has 0 amide bonds. The summed E-state index contributed by atoms with van der Waals surface area (Å²) < 4.78 is 0. The molecule has 0 aliphatic carbocycles. The second kappa shape index (κ2) is 6.76. The predicted molar refractivity (Wildman–Crippen MR) is 129 cm³/mol. The van der Waals surface area contributed by atoms with Crippen LogP contribution in [0, 0.1) is 0 Å². The van der Waals surface area contributed by atoms with Gasteiger partial charge >= 0.3 is 0 Å². The molecular weight excluding hydrogens is 386 g/mol. The standard InChI is InChI=1S/C28H18ClN/c29-25-13-4-3-11-22(25)20-9-5-10-21(15-20)23-12-6-14-26-28(23)24-16-18-7-1-2-8-19(18)17-27(24)30-26/h1-17,30H. The SMILES string of the molecule is Clc1ccccc1-c1cccc(-c2cccc3[nH]c4cc5ccccc5cc4c23)c1. The largest absolute Gasteiger partial charge is 0.354 e. The lowest BCUT2D eigenvalue weighted by Gasteiger charge is -2.09. The van der Waals surface area contributed by atoms with Gasteiger partial charge in [-0.25, -0.2) is 0 Å². The van der Waals surface area contributed by atoms with Gasteiger partial charge in [0, 0.05) is 32.4 Å². The second-order valence-corrected chi connectivity index (χ2v) is 8.07. The molecule has 0 aliphatic heterocycles. The fourth-order valence-electron chi connectivity index (χ4n) is 4.43. The minimum Gasteiger partial charge on any atom is -0.354 e. The topological polar surface area (TPSA) is 15.8 Å². The van der Waals surface area contributed by atoms with Crippen molar-refractivity contribution in [2.24, 2.45) is 0 Å². The maximum Gasteiger partial charge on any atom is 0.0484 e. The maximum absolute atomic E-state index is 6.46. The number of nitrogens with one attached hydrogen (secondary N) is 1. The van der Waals surface area contributed by atoms with Crippen LogP contribution in [0.2, 0.25) is 5.02 Å². The first-order chi connectivity index (χ1) is 14.8. The van der Waals surface area contributed by atoms with Gasteiger partial charge in [-0.3, -0.25) is 0 Å². The van der Waals surface area contributed by atoms with Crippen LogP contribution in [0.5, 0.6) is 0 Å². The molecule has 0 radical (unpaired) electrons. The summed E-state index contributed by atoms with van der Waals surface area (Å²) in [5.41, 5.74) is 6.91. The van der Waals surface area contributed by atoms with E-state index >= 15 is 0 Å². The average molecular weight is 404 g/mol. The Morgan fingerprint density at radius 2 is 1.20 bits per heavy atom. The molecule has 5 aromatic carbocycles. The van der Waals surface area contributed by atoms with Gasteiger partial charge < -0.3 is 4.98 Å². The quantitative estimate of drug-likeness (QED) is 0.298. The number of fused-ring (bicyclic) bond motifs is 4. The molecule has 0 bridgehead atoms. The molecule has 1 aromatic heterocycles. The Bertz CT molecular complexity index is 1560. The van der Waals surface area contributed by atoms with Crippen LogP contribution >= 0.6 is 11.6 Å². The van der Waals surface area contributed by atoms with E-state index in [-0.39, 0.29) is 0 Å². The molecule has 142 valence electrons. The van der Waals surface area contributed by atoms with E-state index in [2.05, 4.69) is 89.9 Å². The van der Waals surface area contributed by atoms with Crippen LogP contribution < -0.4 is 0 Å². The smallest absolute Gasteiger partial charge is 0.0484 e. The Hall–Kier alpha value is -3.55. The summed E-state index contributed by atoms with van der Waals surface area (Å²) in [5, 5.41) is 5.78. The van der Waals surface area contributed by atoms with Crippen molar-refractivity contribution in [3.05, 3.63) is 108 Å². The van der Waals surface area contributed by atoms with E-state index < -0.39 is 0 Å². The highest BCUT2D eigenvalue weighted by Gasteiger charge is 2.12. The van der Waals surface area contributed by atoms with Crippen LogP contribution in [0.3, 0.4) is 0 Å². The number of halogens is 1. The fraction of sp³-hybridized carbons (Fsp3) is 0. The molecule has 30 heavy (non-hydrogen) atoms. The van der Waals surface area contributed by atoms with Crippen LogP contribution in [0.25, 0.3) is 54.8 Å². The number of benzene rings is 5. The normalized spacial score (nSPS) is 11.5. The van der Waals surface area contributed by atoms with Gasteiger partial charge in [0.25, 0.3) is 0 Å². The fourth-order valence-corrected chi connectivity index (χ4v) is 4.68. The first-order valence-corrected chi connectivity index (χ1v) is 10.4. The number of H-pyrrole nitrogens is 1. The summed E-state index contributed by atoms with van der Waals surface area (Å²) in [6, 6.07) is 36.2. The molecule has 0 aliphatic rings. The zero-order valence-electron chi connectivity index (χ0n) is 16.2. The van der Waals surface area contributed by atoms with Gasteiger partial charge in [0.05, 0.1) is 0 Å². The van der Waals surface area contributed by atoms with E-state index in [9.17, 15) is 0 Å². The van der Waals surface area contributed by atoms with Gasteiger partial charge in [0.2, 0.25) is 0 Å². The van der Waals surface area contributed by atoms with Gasteiger partial charge in [-0.2, -0.15) is 0 Å². The third-order valence-corrected chi connectivity index (χ3v) is 6.18. The Labute approximate surface area is 179 Å². The summed E-state index contributed by atoms with van der Waals surface area (Å²) >= 11 is 6.46. The van der Waals surface area contributed by atoms with Crippen molar-refractivity contribution in [3.63, 3.8) is 0 Å². The molecule has 0 atom stereocenters. The van der Waals surface area contributed by atoms with Gasteiger partial charge in [0.1, 0.15) is 0 Å². The van der Waals surface area contributed by atoms with Crippen molar-refractivity contribution in [2.75, 3.05) is 0 Å². The van der Waals surface area contributed by atoms with Crippen LogP contribution in [0.4, 0.5) is 0 Å². The van der Waals surface area contributed by atoms with E-state index in [0.29, 0.717) is 0 Å². The minimum absolute atomic E-state index is 0.770. The number of rotatable bonds is 2. The summed E-state index contributed by atoms with van der Waals surface area (Å²) in [6.07, 6.45) is 0. The molecule has 1 heterocycles. The van der Waals surface area contributed by atoms with Gasteiger partial charge in [-0.1, -0.05) is 84.4 Å². The number of aromatic nitrogens is 1. The second-order valence-electron chi connectivity index (χ2n) is 7.66. The van der Waals surface area contributed by atoms with Crippen molar-refractivity contribution in [1.82, 2.24) is 4.98 Å². The highest BCUT2D eigenvalue weighted by Crippen LogP contribution is 2.38. The molecular formula is C28H18ClN. The third kappa shape index (κ3) is 2.71. The Balaban J connectivity index is 1.62. The maximum atomic E-state index is 6.46. The zero-order chi connectivity index (χ0) is 20.1. The van der Waals surface area contributed by atoms with Crippen molar-refractivity contribution in [1.29, 1.82) is 0 Å². The van der Waals surface area contributed by atoms with Crippen LogP contribution in [0.1, 0.15) is 0 Å². The van der Waals surface area contributed by atoms with E-state index in [0.717, 1.165) is 21.7 Å². The third-order valence-electron chi connectivity index (χ3n) is 5.85. The lowest BCUT2D eigenvalue weighted by molar-refractivity contribution is 1.55. The summed E-state index contributed by atoms with van der Waals surface area (Å²) in [4.78, 5) is 3.61. The van der Waals surface area contributed by atoms with Crippen LogP contribution in [-0.2, 0) is 0 Å². The van der Waals surface area contributed by atoms with Gasteiger partial charge in [-0.15, -0.1) is 0 Å². The molecule has 0 spiro atoms. The average Bonchev–Trinajstić information content (AvgIpc) is 3.15. The van der Waals surface area contributed by atoms with E-state index in [1.807, 2.05) is 18.2 Å². The highest BCUT2D eigenvalue weighted by molar-refractivity contribution is 6.33. The summed E-state index contributed by atoms with van der Waals surface area (Å²) in [5.74, 6) is 0. The zero-order valence-corrected chi connectivity index (χ0v) is 16.9. The summed E-state index contributed by atoms with van der Waals surface area (Å²) in [6.45, 7) is 0. The van der Waals surface area contributed by atoms with E-state index in [4.69, 9.17) is 11.6 Å². The molecule has 6 aromatic rings. The van der Waals surface area contributed by atoms with Crippen LogP contribution in [0.15, 0.2) is 103 Å². The van der Waals surface area contributed by atoms with Crippen molar-refractivity contribution < 1.29 is 0 Å². The molecule has 6 rings (SSSR count). The highest BCUT2D eigenvalue weighted by atomic mass is 35.5. The molecule has 0 saturated heterocycles. The number of hydrogen-bond acceptors (Lipinski definition) is 0. The van der Waals surface area contributed by atoms with Crippen molar-refractivity contribution in [3.8, 4) is 22.3 Å². The van der Waals surface area contributed by atoms with Crippen molar-refractivity contribution in [2.45, 2.75) is 0 Å². The molecule has 0 saturated carbocycles. The van der Waals surface area contributed by atoms with E-state index in [1.54, 1.807) is 0 Å². The molecule has 2 heteroatoms. The van der Waals surface area contributed by atoms with E-state index in [1.165, 1.54) is 38.2 Å². The lowest BCUT2D eigenvalue weighted by Crippen LogP contribution is -1.83. The monoisotopic (exact) mass is 403 g/mol. The summed E-state index contributed by atoms with van der Waals surface area (Å²) in [7, 11) is 0. The van der Waals surface area contributed by atoms with Gasteiger partial charge in [-0.05, 0) is 57.8 Å². The molecule has 1 N–H and O–H groups in total. The van der Waals surface area contributed by atoms with Crippen molar-refractivity contribution >= 4 is 44.2 Å². The Morgan fingerprint density at radius 3 is 2.03 bits per heavy atom. The minimum atomic E-state index is 0.770. The number of hydrogen-bond donors (Lipinski definition) is 1. The predicted octanol–water partition coefficient (Wildman–Crippen LogP) is 8.46. The number of aromatic amines is 1. The first-order valence-electron chi connectivity index (χ1n) is 10.1. The molecule has 0 fully saturated rings. The lowest BCUT2D eigenvalue weighted by atomic mass is 9.95. The first kappa shape index (κ1) is 17.3.